The van der Waals surface area contributed by atoms with E-state index in [1.54, 1.807) is 6.92 Å². The smallest absolute Gasteiger partial charge is 0.352 e. The summed E-state index contributed by atoms with van der Waals surface area (Å²) >= 11 is 0. The molecule has 96 valence electrons. The largest absolute Gasteiger partial charge is 0.477 e. The summed E-state index contributed by atoms with van der Waals surface area (Å²) < 4.78 is 25.8. The molecule has 1 heterocycles. The minimum atomic E-state index is -3.80. The first-order valence-corrected chi connectivity index (χ1v) is 6.44. The molecule has 0 aromatic carbocycles. The van der Waals surface area contributed by atoms with Crippen molar-refractivity contribution in [2.24, 2.45) is 0 Å². The van der Waals surface area contributed by atoms with Gasteiger partial charge in [0.05, 0.1) is 6.61 Å². The zero-order chi connectivity index (χ0) is 13.1. The van der Waals surface area contributed by atoms with Crippen LogP contribution in [-0.4, -0.2) is 42.2 Å². The van der Waals surface area contributed by atoms with Gasteiger partial charge in [-0.2, -0.15) is 0 Å². The van der Waals surface area contributed by atoms with Crippen LogP contribution < -0.4 is 4.72 Å². The van der Waals surface area contributed by atoms with Crippen molar-refractivity contribution < 1.29 is 23.4 Å². The van der Waals surface area contributed by atoms with E-state index < -0.39 is 22.0 Å². The van der Waals surface area contributed by atoms with Crippen molar-refractivity contribution in [3.63, 3.8) is 0 Å². The number of aromatic amines is 1. The van der Waals surface area contributed by atoms with Gasteiger partial charge < -0.3 is 15.2 Å². The highest BCUT2D eigenvalue weighted by molar-refractivity contribution is 7.89. The molecule has 1 aromatic rings. The van der Waals surface area contributed by atoms with Crippen LogP contribution in [0.3, 0.4) is 0 Å². The number of nitrogens with one attached hydrogen (secondary N) is 2. The second-order valence-electron chi connectivity index (χ2n) is 3.46. The summed E-state index contributed by atoms with van der Waals surface area (Å²) in [5.74, 6) is -1.24. The van der Waals surface area contributed by atoms with E-state index in [4.69, 9.17) is 10.2 Å². The number of H-pyrrole nitrogens is 1. The summed E-state index contributed by atoms with van der Waals surface area (Å²) in [5.41, 5.74) is -0.206. The lowest BCUT2D eigenvalue weighted by atomic mass is 10.3. The third-order valence-electron chi connectivity index (χ3n) is 2.23. The summed E-state index contributed by atoms with van der Waals surface area (Å²) in [6.07, 6.45) is 1.53. The van der Waals surface area contributed by atoms with Crippen LogP contribution in [0.5, 0.6) is 0 Å². The number of aromatic nitrogens is 1. The number of carbonyl (C=O) groups is 1. The Kier molecular flexibility index (Phi) is 4.27. The molecule has 0 aliphatic heterocycles. The van der Waals surface area contributed by atoms with Gasteiger partial charge >= 0.3 is 5.97 Å². The monoisotopic (exact) mass is 262 g/mol. The van der Waals surface area contributed by atoms with E-state index in [-0.39, 0.29) is 17.2 Å². The highest BCUT2D eigenvalue weighted by atomic mass is 32.2. The molecule has 8 heteroatoms. The molecule has 17 heavy (non-hydrogen) atoms. The molecule has 0 unspecified atom stereocenters. The van der Waals surface area contributed by atoms with Gasteiger partial charge in [-0.15, -0.1) is 0 Å². The van der Waals surface area contributed by atoms with Crippen LogP contribution in [0.4, 0.5) is 0 Å². The number of rotatable bonds is 6. The molecule has 1 aromatic heterocycles. The molecule has 0 aliphatic rings. The standard InChI is InChI=1S/C9H14N2O5S/c1-2-6(5-12)11-17(15,16)7-3-8(9(13)14)10-4-7/h3-4,6,10-12H,2,5H2,1H3,(H,13,14)/t6-/m1/s1. The van der Waals surface area contributed by atoms with Gasteiger partial charge in [0, 0.05) is 12.2 Å². The van der Waals surface area contributed by atoms with E-state index in [1.165, 1.54) is 0 Å². The van der Waals surface area contributed by atoms with Crippen molar-refractivity contribution >= 4 is 16.0 Å². The molecule has 1 atom stereocenters. The van der Waals surface area contributed by atoms with Gasteiger partial charge in [0.25, 0.3) is 0 Å². The SMILES string of the molecule is CC[C@H](CO)NS(=O)(=O)c1c[nH]c(C(=O)O)c1. The van der Waals surface area contributed by atoms with Crippen LogP contribution in [-0.2, 0) is 10.0 Å². The molecule has 0 spiro atoms. The van der Waals surface area contributed by atoms with Crippen molar-refractivity contribution in [3.8, 4) is 0 Å². The number of carboxylic acid groups (broad SMARTS) is 1. The maximum atomic E-state index is 11.8. The van der Waals surface area contributed by atoms with Gasteiger partial charge in [0.15, 0.2) is 0 Å². The number of aliphatic hydroxyl groups is 1. The Balaban J connectivity index is 2.93. The Morgan fingerprint density at radius 1 is 1.59 bits per heavy atom. The van der Waals surface area contributed by atoms with E-state index >= 15 is 0 Å². The number of aliphatic hydroxyl groups excluding tert-OH is 1. The molecule has 4 N–H and O–H groups in total. The summed E-state index contributed by atoms with van der Waals surface area (Å²) in [6, 6.07) is 0.442. The number of aromatic carboxylic acids is 1. The maximum absolute atomic E-state index is 11.8. The Hall–Kier alpha value is -1.38. The zero-order valence-electron chi connectivity index (χ0n) is 9.17. The molecule has 0 fully saturated rings. The van der Waals surface area contributed by atoms with Gasteiger partial charge in [-0.3, -0.25) is 0 Å². The van der Waals surface area contributed by atoms with E-state index in [1.807, 2.05) is 0 Å². The molecule has 0 saturated carbocycles. The third kappa shape index (κ3) is 3.29. The quantitative estimate of drug-likeness (QED) is 0.564. The minimum Gasteiger partial charge on any atom is -0.477 e. The predicted molar refractivity (Wildman–Crippen MR) is 59.2 cm³/mol. The fourth-order valence-corrected chi connectivity index (χ4v) is 2.49. The Morgan fingerprint density at radius 2 is 2.24 bits per heavy atom. The highest BCUT2D eigenvalue weighted by Gasteiger charge is 2.21. The molecule has 0 aliphatic carbocycles. The molecular formula is C9H14N2O5S. The molecule has 7 nitrogen and oxygen atoms in total. The van der Waals surface area contributed by atoms with Crippen LogP contribution in [0.25, 0.3) is 0 Å². The minimum absolute atomic E-state index is 0.165. The van der Waals surface area contributed by atoms with Crippen LogP contribution in [0, 0.1) is 0 Å². The van der Waals surface area contributed by atoms with Crippen molar-refractivity contribution in [2.45, 2.75) is 24.3 Å². The molecule has 0 radical (unpaired) electrons. The summed E-state index contributed by atoms with van der Waals surface area (Å²) in [4.78, 5) is 12.8. The van der Waals surface area contributed by atoms with Crippen molar-refractivity contribution in [3.05, 3.63) is 18.0 Å². The highest BCUT2D eigenvalue weighted by Crippen LogP contribution is 2.11. The van der Waals surface area contributed by atoms with Gasteiger partial charge in [0.1, 0.15) is 10.6 Å². The van der Waals surface area contributed by atoms with Crippen LogP contribution in [0.15, 0.2) is 17.2 Å². The average molecular weight is 262 g/mol. The fourth-order valence-electron chi connectivity index (χ4n) is 1.19. The lowest BCUT2D eigenvalue weighted by Crippen LogP contribution is -2.36. The first-order valence-electron chi connectivity index (χ1n) is 4.95. The van der Waals surface area contributed by atoms with Gasteiger partial charge in [-0.05, 0) is 12.5 Å². The van der Waals surface area contributed by atoms with E-state index in [0.29, 0.717) is 6.42 Å². The summed E-state index contributed by atoms with van der Waals surface area (Å²) in [7, 11) is -3.80. The Labute approximate surface area is 98.5 Å². The number of sulfonamides is 1. The first-order chi connectivity index (χ1) is 7.90. The van der Waals surface area contributed by atoms with Crippen molar-refractivity contribution in [2.75, 3.05) is 6.61 Å². The first kappa shape index (κ1) is 13.7. The van der Waals surface area contributed by atoms with Gasteiger partial charge in [0.2, 0.25) is 10.0 Å². The topological polar surface area (TPSA) is 119 Å². The van der Waals surface area contributed by atoms with Crippen LogP contribution in [0.1, 0.15) is 23.8 Å². The van der Waals surface area contributed by atoms with E-state index in [2.05, 4.69) is 9.71 Å². The second-order valence-corrected chi connectivity index (χ2v) is 5.18. The van der Waals surface area contributed by atoms with Crippen molar-refractivity contribution in [1.29, 1.82) is 0 Å². The molecule has 0 saturated heterocycles. The number of hydrogen-bond acceptors (Lipinski definition) is 4. The Bertz CT molecular complexity index is 489. The van der Waals surface area contributed by atoms with Crippen LogP contribution >= 0.6 is 0 Å². The maximum Gasteiger partial charge on any atom is 0.352 e. The lowest BCUT2D eigenvalue weighted by molar-refractivity contribution is 0.0691. The molecule has 1 rings (SSSR count). The van der Waals surface area contributed by atoms with Gasteiger partial charge in [-0.1, -0.05) is 6.92 Å². The predicted octanol–water partition coefficient (Wildman–Crippen LogP) is -0.238. The summed E-state index contributed by atoms with van der Waals surface area (Å²) in [6.45, 7) is 1.41. The molecule has 0 amide bonds. The summed E-state index contributed by atoms with van der Waals surface area (Å²) in [5, 5.41) is 17.6. The second kappa shape index (κ2) is 5.30. The van der Waals surface area contributed by atoms with E-state index in [9.17, 15) is 13.2 Å². The normalized spacial score (nSPS) is 13.5. The molecule has 0 bridgehead atoms. The Morgan fingerprint density at radius 3 is 2.65 bits per heavy atom. The van der Waals surface area contributed by atoms with Crippen molar-refractivity contribution in [1.82, 2.24) is 9.71 Å². The number of hydrogen-bond donors (Lipinski definition) is 4. The third-order valence-corrected chi connectivity index (χ3v) is 3.73. The zero-order valence-corrected chi connectivity index (χ0v) is 9.99. The number of carboxylic acids is 1. The molecular weight excluding hydrogens is 248 g/mol. The van der Waals surface area contributed by atoms with Crippen LogP contribution in [0.2, 0.25) is 0 Å². The lowest BCUT2D eigenvalue weighted by Gasteiger charge is -2.13. The van der Waals surface area contributed by atoms with E-state index in [0.717, 1.165) is 12.3 Å². The fraction of sp³-hybridized carbons (Fsp3) is 0.444. The van der Waals surface area contributed by atoms with Gasteiger partial charge in [-0.25, -0.2) is 17.9 Å². The average Bonchev–Trinajstić information content (AvgIpc) is 2.75.